The minimum atomic E-state index is -2.90. The molecule has 20 atom stereocenters. The lowest BCUT2D eigenvalue weighted by molar-refractivity contribution is -0.221. The summed E-state index contributed by atoms with van der Waals surface area (Å²) in [5, 5.41) is 38.2. The van der Waals surface area contributed by atoms with Crippen LogP contribution in [0.1, 0.15) is 365 Å². The maximum absolute atomic E-state index is 14.2. The van der Waals surface area contributed by atoms with Gasteiger partial charge in [-0.3, -0.25) is 19.2 Å². The van der Waals surface area contributed by atoms with E-state index in [0.29, 0.717) is 148 Å². The molecule has 3 N–H and O–H groups in total. The van der Waals surface area contributed by atoms with Gasteiger partial charge in [0.05, 0.1) is 23.0 Å². The molecular formula is C120H181ClN8O14S2. The number of carbonyl (C=O) groups is 4. The van der Waals surface area contributed by atoms with Gasteiger partial charge in [-0.15, -0.1) is 0 Å². The van der Waals surface area contributed by atoms with Gasteiger partial charge in [-0.05, 0) is 330 Å². The first-order valence-corrected chi connectivity index (χ1v) is 60.8. The first kappa shape index (κ1) is 114. The van der Waals surface area contributed by atoms with E-state index in [1.54, 1.807) is 36.7 Å². The summed E-state index contributed by atoms with van der Waals surface area (Å²) in [6.45, 7) is 50.0. The Morgan fingerprint density at radius 2 is 0.883 bits per heavy atom. The van der Waals surface area contributed by atoms with E-state index in [2.05, 4.69) is 182 Å². The molecule has 0 spiro atoms. The van der Waals surface area contributed by atoms with E-state index in [1.807, 2.05) is 0 Å². The molecule has 4 heterocycles. The number of unbranched alkanes of at least 4 members (excludes halogenated alkanes) is 12. The number of carbonyl (C=O) groups excluding carboxylic acids is 3. The van der Waals surface area contributed by atoms with E-state index in [0.717, 1.165) is 71.1 Å². The van der Waals surface area contributed by atoms with Crippen LogP contribution in [0.15, 0.2) is 108 Å². The van der Waals surface area contributed by atoms with Crippen LogP contribution in [0.3, 0.4) is 0 Å². The van der Waals surface area contributed by atoms with Crippen molar-refractivity contribution in [2.45, 2.75) is 365 Å². The average Bonchev–Trinajstić information content (AvgIpc) is 1.67. The highest BCUT2D eigenvalue weighted by molar-refractivity contribution is 7.91. The highest BCUT2D eigenvalue weighted by atomic mass is 35.5. The monoisotopic (exact) mass is 2060 g/mol. The zero-order valence-electron chi connectivity index (χ0n) is 91.2. The average molecular weight is 2060 g/mol. The predicted octanol–water partition coefficient (Wildman–Crippen LogP) is 24.5. The van der Waals surface area contributed by atoms with Crippen LogP contribution in [0.25, 0.3) is 0 Å². The molecule has 2 aliphatic heterocycles. The van der Waals surface area contributed by atoms with Crippen LogP contribution in [-0.2, 0) is 53.1 Å². The number of hydrogen-bond donors (Lipinski definition) is 3. The smallest absolute Gasteiger partial charge is 0.318 e. The van der Waals surface area contributed by atoms with E-state index in [9.17, 15) is 51.6 Å². The molecule has 0 amide bonds. The Balaban J connectivity index is 0.000000205. The molecule has 2 saturated heterocycles. The molecule has 0 aromatic carbocycles. The Hall–Kier alpha value is -6.77. The quantitative estimate of drug-likeness (QED) is 0.0184. The molecule has 16 rings (SSSR count). The SMILES string of the molecule is C=C(C)[C@@H]1CC[C@]2(NCCN3CCS(=O)(=O)CC3)CC[C@]3(C)[C@H](CC[C@@H]4[C@@]5(C)CC=C(C6=CC[C@@](COc7ncccc7C#N)(C(=O)O)CC6)C(C)(C)[C@@H]5CC[C@]43C)[C@@H]12.C=C(C)[C@@H]1CC[C@]2(NCCN3CCS(=O)(=O)CC3)CC[C@]3(C)[C@H](CC[C@@H]4[C@@]5(C)CC=C(C6=CC[C@@](COc7ncccc7C#N)(C(=O)OCOC(=O)CCCCCCCCC)CC6)C(C)(C)[C@@H]5CC[C@]43C)[C@@H]12.CCCCCCCCCC(=O)OCCl. The molecule has 0 radical (unpaired) electrons. The van der Waals surface area contributed by atoms with Crippen molar-refractivity contribution in [1.82, 2.24) is 30.4 Å². The maximum Gasteiger partial charge on any atom is 0.318 e. The summed E-state index contributed by atoms with van der Waals surface area (Å²) in [5.41, 5.74) is 8.04. The summed E-state index contributed by atoms with van der Waals surface area (Å²) in [4.78, 5) is 63.7. The normalized spacial score (nSPS) is 35.5. The van der Waals surface area contributed by atoms with Gasteiger partial charge in [0, 0.05) is 88.7 Å². The number of allylic oxidation sites excluding steroid dienone is 10. The lowest BCUT2D eigenvalue weighted by Crippen LogP contribution is -2.68. The van der Waals surface area contributed by atoms with Crippen molar-refractivity contribution in [2.24, 2.45) is 113 Å². The van der Waals surface area contributed by atoms with E-state index < -0.39 is 49.2 Å². The van der Waals surface area contributed by atoms with Gasteiger partial charge < -0.3 is 49.2 Å². The molecule has 804 valence electrons. The number of ether oxygens (including phenoxy) is 5. The van der Waals surface area contributed by atoms with Gasteiger partial charge in [-0.2, -0.15) is 10.5 Å². The molecule has 0 unspecified atom stereocenters. The molecule has 2 aromatic rings. The molecule has 12 aliphatic carbocycles. The second kappa shape index (κ2) is 47.2. The van der Waals surface area contributed by atoms with Crippen molar-refractivity contribution >= 4 is 55.2 Å². The number of sulfone groups is 2. The Morgan fingerprint density at radius 1 is 0.483 bits per heavy atom. The number of nitrogens with one attached hydrogen (secondary N) is 2. The summed E-state index contributed by atoms with van der Waals surface area (Å²) in [6, 6.07) is 10.9. The molecule has 2 aromatic heterocycles. The van der Waals surface area contributed by atoms with Gasteiger partial charge in [0.1, 0.15) is 47.3 Å². The van der Waals surface area contributed by atoms with Crippen LogP contribution in [0.5, 0.6) is 11.8 Å². The first-order valence-electron chi connectivity index (χ1n) is 56.6. The minimum Gasteiger partial charge on any atom is -0.481 e. The number of halogens is 1. The molecule has 0 bridgehead atoms. The number of carboxylic acids is 1. The number of rotatable bonds is 39. The van der Waals surface area contributed by atoms with E-state index in [-0.39, 0.29) is 120 Å². The van der Waals surface area contributed by atoms with Crippen LogP contribution < -0.4 is 20.1 Å². The zero-order valence-corrected chi connectivity index (χ0v) is 93.6. The Morgan fingerprint density at radius 3 is 1.27 bits per heavy atom. The van der Waals surface area contributed by atoms with Crippen molar-refractivity contribution in [1.29, 1.82) is 10.5 Å². The summed E-state index contributed by atoms with van der Waals surface area (Å²) in [7, 11) is -5.78. The third kappa shape index (κ3) is 23.6. The number of alkyl halides is 1. The minimum absolute atomic E-state index is 0.00550. The van der Waals surface area contributed by atoms with Crippen molar-refractivity contribution < 1.29 is 64.8 Å². The zero-order chi connectivity index (χ0) is 104. The molecule has 22 nitrogen and oxygen atoms in total. The molecule has 8 saturated carbocycles. The van der Waals surface area contributed by atoms with Crippen LogP contribution in [0.4, 0.5) is 0 Å². The molecule has 145 heavy (non-hydrogen) atoms. The third-order valence-corrected chi connectivity index (χ3v) is 45.5. The molecule has 10 fully saturated rings. The second-order valence-electron chi connectivity index (χ2n) is 50.3. The fourth-order valence-corrected chi connectivity index (χ4v) is 36.4. The number of fused-ring (bicyclic) bond motifs is 14. The lowest BCUT2D eigenvalue weighted by Gasteiger charge is -2.72. The highest BCUT2D eigenvalue weighted by Gasteiger charge is 2.73. The van der Waals surface area contributed by atoms with Gasteiger partial charge in [-0.25, -0.2) is 26.8 Å². The largest absolute Gasteiger partial charge is 0.481 e. The number of aromatic nitrogens is 2. The summed E-state index contributed by atoms with van der Waals surface area (Å²) in [6.07, 6.45) is 54.8. The van der Waals surface area contributed by atoms with Gasteiger partial charge >= 0.3 is 23.9 Å². The van der Waals surface area contributed by atoms with Crippen molar-refractivity contribution in [3.8, 4) is 23.9 Å². The van der Waals surface area contributed by atoms with Gasteiger partial charge in [-0.1, -0.05) is 220 Å². The fourth-order valence-electron chi connectivity index (χ4n) is 33.7. The lowest BCUT2D eigenvalue weighted by atomic mass is 9.33. The van der Waals surface area contributed by atoms with Gasteiger partial charge in [0.25, 0.3) is 0 Å². The third-order valence-electron chi connectivity index (χ3n) is 42.1. The Bertz CT molecular complexity index is 5360. The molecule has 14 aliphatic rings. The first-order chi connectivity index (χ1) is 68.9. The van der Waals surface area contributed by atoms with Gasteiger partial charge in [0.15, 0.2) is 25.7 Å². The standard InChI is InChI=1S/C60H90N4O7S.C49H70N4O5S.C11H21ClO2/c1-9-10-11-12-13-14-15-18-51(65)70-42-71-54(66)59(41-69-53-45(40-61)17-16-33-62-53)28-21-44(22-29-59)47-24-26-56(6)49(55(47,4)5)25-27-58(8)50(56)20-19-48-52-46(43(2)3)23-30-60(52,32-31-57(48,58)7)63-34-35-64-36-38-72(67,68)39-37-64;1-33(2)36-14-21-49(52-25-26-53-27-29-59(56,57)30-28-53)23-22-46(6)38(41(36)49)10-11-40-45(5)17-15-37(44(3,4)39(45)16-18-47(40,46)7)34-12-19-48(20-13-34,43(54)55)32-58-42-35(31-50)9-8-24-51-42;1-2-3-4-5-6-7-8-9-11(13)14-10-12/h16-17,21,24,33,46,48-50,52,63H,2,9-15,18-20,22-23,25-32,34-39,41-42H2,1,3-8H3;8-9,12,15,24,36,38-41,52H,1,10-11,13-14,16-23,25-30,32H2,2-7H3,(H,54,55);2-10H2,1H3/t46-,48+,49-,50+,52+,56-,57+,58+,59+,60-;36-,38+,39-,40+,41+,45-,46+,47+,48+,49-;/m00./s1. The fraction of sp³-hybridized carbons (Fsp3) is 0.767. The van der Waals surface area contributed by atoms with Crippen LogP contribution >= 0.6 is 11.6 Å². The Kier molecular flexibility index (Phi) is 37.1. The maximum atomic E-state index is 14.2. The summed E-state index contributed by atoms with van der Waals surface area (Å²) in [5.74, 6) is 5.45. The van der Waals surface area contributed by atoms with Crippen LogP contribution in [0, 0.1) is 136 Å². The number of carboxylic acid groups (broad SMARTS) is 1. The topological polar surface area (TPSA) is 307 Å². The van der Waals surface area contributed by atoms with Crippen LogP contribution in [0.2, 0.25) is 0 Å². The molecular weight excluding hydrogens is 1880 g/mol. The van der Waals surface area contributed by atoms with Gasteiger partial charge in [0.2, 0.25) is 18.6 Å². The van der Waals surface area contributed by atoms with E-state index >= 15 is 0 Å². The highest BCUT2D eigenvalue weighted by Crippen LogP contribution is 2.79. The Labute approximate surface area is 877 Å². The number of aliphatic carboxylic acids is 1. The van der Waals surface area contributed by atoms with Crippen molar-refractivity contribution in [2.75, 3.05) is 101 Å². The number of pyridine rings is 2. The number of nitrogens with zero attached hydrogens (tertiary/aromatic N) is 6. The predicted molar refractivity (Wildman–Crippen MR) is 576 cm³/mol. The van der Waals surface area contributed by atoms with E-state index in [4.69, 9.17) is 30.5 Å². The molecule has 25 heteroatoms. The number of hydrogen-bond acceptors (Lipinski definition) is 21. The van der Waals surface area contributed by atoms with Crippen molar-refractivity contribution in [3.63, 3.8) is 0 Å². The van der Waals surface area contributed by atoms with E-state index in [1.165, 1.54) is 194 Å². The van der Waals surface area contributed by atoms with Crippen LogP contribution in [-0.4, -0.2) is 178 Å². The van der Waals surface area contributed by atoms with Crippen molar-refractivity contribution in [3.05, 3.63) is 119 Å². The summed E-state index contributed by atoms with van der Waals surface area (Å²) >= 11 is 5.25. The number of nitriles is 2. The summed E-state index contributed by atoms with van der Waals surface area (Å²) < 4.78 is 76.5. The number of esters is 3. The second-order valence-corrected chi connectivity index (χ2v) is 55.1.